The molecule has 3 aromatic rings. The van der Waals surface area contributed by atoms with Crippen LogP contribution in [0, 0.1) is 0 Å². The molecule has 1 aromatic carbocycles. The lowest BCUT2D eigenvalue weighted by molar-refractivity contribution is -0.144. The van der Waals surface area contributed by atoms with Crippen molar-refractivity contribution in [1.82, 2.24) is 19.9 Å². The second-order valence-corrected chi connectivity index (χ2v) is 6.78. The predicted molar refractivity (Wildman–Crippen MR) is 101 cm³/mol. The zero-order valence-electron chi connectivity index (χ0n) is 15.0. The van der Waals surface area contributed by atoms with Crippen molar-refractivity contribution in [1.29, 1.82) is 0 Å². The van der Waals surface area contributed by atoms with Crippen LogP contribution in [0.5, 0.6) is 0 Å². The molecular formula is C18H20F3N7. The van der Waals surface area contributed by atoms with E-state index < -0.39 is 12.0 Å². The van der Waals surface area contributed by atoms with Crippen molar-refractivity contribution < 1.29 is 13.2 Å². The van der Waals surface area contributed by atoms with E-state index in [-0.39, 0.29) is 11.0 Å². The number of hydrogen-bond acceptors (Lipinski definition) is 6. The summed E-state index contributed by atoms with van der Waals surface area (Å²) in [5.41, 5.74) is 7.72. The van der Waals surface area contributed by atoms with Crippen LogP contribution in [0.1, 0.15) is 36.6 Å². The molecule has 4 rings (SSSR count). The number of nitrogens with zero attached hydrogens (tertiary/aromatic N) is 3. The van der Waals surface area contributed by atoms with Gasteiger partial charge in [-0.2, -0.15) is 18.2 Å². The Morgan fingerprint density at radius 2 is 2.04 bits per heavy atom. The number of halogens is 3. The van der Waals surface area contributed by atoms with Crippen LogP contribution in [-0.4, -0.2) is 33.0 Å². The third kappa shape index (κ3) is 4.01. The van der Waals surface area contributed by atoms with Crippen molar-refractivity contribution in [3.63, 3.8) is 0 Å². The number of aromatic amines is 1. The second-order valence-electron chi connectivity index (χ2n) is 6.78. The van der Waals surface area contributed by atoms with E-state index in [1.807, 2.05) is 0 Å². The summed E-state index contributed by atoms with van der Waals surface area (Å²) in [6.07, 6.45) is 0.362. The highest BCUT2D eigenvalue weighted by molar-refractivity contribution is 5.80. The number of H-pyrrole nitrogens is 1. The molecule has 0 bridgehead atoms. The zero-order chi connectivity index (χ0) is 19.7. The van der Waals surface area contributed by atoms with Crippen LogP contribution >= 0.6 is 0 Å². The fourth-order valence-corrected chi connectivity index (χ4v) is 2.95. The van der Waals surface area contributed by atoms with E-state index in [1.54, 1.807) is 18.3 Å². The Balaban J connectivity index is 1.56. The fraction of sp³-hybridized carbons (Fsp3) is 0.389. The average molecular weight is 391 g/mol. The number of benzene rings is 1. The highest BCUT2D eigenvalue weighted by atomic mass is 19.4. The molecule has 1 fully saturated rings. The van der Waals surface area contributed by atoms with Crippen LogP contribution in [0.4, 0.5) is 30.6 Å². The maximum atomic E-state index is 12.8. The quantitative estimate of drug-likeness (QED) is 0.457. The SMILES string of the molecule is NCCCNc1nc(Nc2ccc3nc(C(F)(F)F)[nH]c3c2)ncc1C1CC1. The summed E-state index contributed by atoms with van der Waals surface area (Å²) in [7, 11) is 0. The molecular weight excluding hydrogens is 371 g/mol. The maximum Gasteiger partial charge on any atom is 0.449 e. The first kappa shape index (κ1) is 18.5. The Bertz CT molecular complexity index is 979. The Kier molecular flexibility index (Phi) is 4.80. The van der Waals surface area contributed by atoms with Gasteiger partial charge in [-0.1, -0.05) is 0 Å². The Hall–Kier alpha value is -2.88. The van der Waals surface area contributed by atoms with E-state index in [9.17, 15) is 13.2 Å². The third-order valence-electron chi connectivity index (χ3n) is 4.51. The lowest BCUT2D eigenvalue weighted by Gasteiger charge is -2.12. The number of fused-ring (bicyclic) bond motifs is 1. The summed E-state index contributed by atoms with van der Waals surface area (Å²) in [6, 6.07) is 4.71. The molecule has 0 aliphatic heterocycles. The van der Waals surface area contributed by atoms with Gasteiger partial charge in [0.15, 0.2) is 0 Å². The predicted octanol–water partition coefficient (Wildman–Crippen LogP) is 3.75. The van der Waals surface area contributed by atoms with E-state index in [2.05, 4.69) is 30.6 Å². The minimum atomic E-state index is -4.52. The molecule has 1 aliphatic carbocycles. The molecule has 2 aromatic heterocycles. The topological polar surface area (TPSA) is 105 Å². The first-order chi connectivity index (χ1) is 13.4. The van der Waals surface area contributed by atoms with Crippen LogP contribution in [0.25, 0.3) is 11.0 Å². The van der Waals surface area contributed by atoms with Gasteiger partial charge in [-0.15, -0.1) is 0 Å². The van der Waals surface area contributed by atoms with E-state index in [1.165, 1.54) is 6.07 Å². The minimum Gasteiger partial charge on any atom is -0.370 e. The summed E-state index contributed by atoms with van der Waals surface area (Å²) < 4.78 is 38.4. The van der Waals surface area contributed by atoms with Crippen LogP contribution in [0.3, 0.4) is 0 Å². The van der Waals surface area contributed by atoms with Gasteiger partial charge < -0.3 is 21.4 Å². The molecule has 148 valence electrons. The number of rotatable bonds is 7. The van der Waals surface area contributed by atoms with Crippen molar-refractivity contribution in [3.05, 3.63) is 35.8 Å². The van der Waals surface area contributed by atoms with Crippen molar-refractivity contribution in [2.45, 2.75) is 31.4 Å². The van der Waals surface area contributed by atoms with Crippen molar-refractivity contribution in [2.24, 2.45) is 5.73 Å². The molecule has 1 aliphatic rings. The van der Waals surface area contributed by atoms with Crippen molar-refractivity contribution in [3.8, 4) is 0 Å². The molecule has 28 heavy (non-hydrogen) atoms. The lowest BCUT2D eigenvalue weighted by atomic mass is 10.2. The zero-order valence-corrected chi connectivity index (χ0v) is 15.0. The van der Waals surface area contributed by atoms with Crippen LogP contribution < -0.4 is 16.4 Å². The van der Waals surface area contributed by atoms with Crippen molar-refractivity contribution in [2.75, 3.05) is 23.7 Å². The molecule has 0 amide bonds. The number of imidazole rings is 1. The number of nitrogens with one attached hydrogen (secondary N) is 3. The summed E-state index contributed by atoms with van der Waals surface area (Å²) in [6.45, 7) is 1.30. The molecule has 1 saturated carbocycles. The van der Waals surface area contributed by atoms with E-state index in [4.69, 9.17) is 5.73 Å². The molecule has 0 spiro atoms. The van der Waals surface area contributed by atoms with Crippen LogP contribution in [0.15, 0.2) is 24.4 Å². The molecule has 7 nitrogen and oxygen atoms in total. The van der Waals surface area contributed by atoms with Gasteiger partial charge in [0.1, 0.15) is 5.82 Å². The van der Waals surface area contributed by atoms with Crippen LogP contribution in [-0.2, 0) is 6.18 Å². The first-order valence-corrected chi connectivity index (χ1v) is 9.09. The van der Waals surface area contributed by atoms with Gasteiger partial charge in [0.25, 0.3) is 0 Å². The Morgan fingerprint density at radius 3 is 2.75 bits per heavy atom. The highest BCUT2D eigenvalue weighted by Gasteiger charge is 2.34. The molecule has 0 saturated heterocycles. The fourth-order valence-electron chi connectivity index (χ4n) is 2.95. The van der Waals surface area contributed by atoms with Gasteiger partial charge in [-0.05, 0) is 49.9 Å². The number of nitrogens with two attached hydrogens (primary N) is 1. The summed E-state index contributed by atoms with van der Waals surface area (Å²) in [5, 5.41) is 6.34. The molecule has 0 atom stereocenters. The van der Waals surface area contributed by atoms with Gasteiger partial charge in [0.05, 0.1) is 11.0 Å². The average Bonchev–Trinajstić information content (AvgIpc) is 3.39. The molecule has 0 unspecified atom stereocenters. The molecule has 2 heterocycles. The van der Waals surface area contributed by atoms with Gasteiger partial charge in [-0.25, -0.2) is 9.97 Å². The largest absolute Gasteiger partial charge is 0.449 e. The van der Waals surface area contributed by atoms with E-state index in [0.29, 0.717) is 30.6 Å². The first-order valence-electron chi connectivity index (χ1n) is 9.09. The number of hydrogen-bond donors (Lipinski definition) is 4. The monoisotopic (exact) mass is 391 g/mol. The molecule has 5 N–H and O–H groups in total. The number of aromatic nitrogens is 4. The Labute approximate surface area is 159 Å². The summed E-state index contributed by atoms with van der Waals surface area (Å²) >= 11 is 0. The minimum absolute atomic E-state index is 0.243. The molecule has 0 radical (unpaired) electrons. The van der Waals surface area contributed by atoms with Crippen molar-refractivity contribution >= 4 is 28.5 Å². The normalized spacial score (nSPS) is 14.4. The summed E-state index contributed by atoms with van der Waals surface area (Å²) in [4.78, 5) is 14.8. The van der Waals surface area contributed by atoms with Gasteiger partial charge in [0.2, 0.25) is 11.8 Å². The lowest BCUT2D eigenvalue weighted by Crippen LogP contribution is -2.12. The number of alkyl halides is 3. The van der Waals surface area contributed by atoms with Gasteiger partial charge in [-0.3, -0.25) is 0 Å². The van der Waals surface area contributed by atoms with Gasteiger partial charge >= 0.3 is 6.18 Å². The summed E-state index contributed by atoms with van der Waals surface area (Å²) in [5.74, 6) is 0.609. The third-order valence-corrected chi connectivity index (χ3v) is 4.51. The maximum absolute atomic E-state index is 12.8. The van der Waals surface area contributed by atoms with Gasteiger partial charge in [0, 0.05) is 24.0 Å². The molecule has 10 heteroatoms. The smallest absolute Gasteiger partial charge is 0.370 e. The second kappa shape index (κ2) is 7.27. The van der Waals surface area contributed by atoms with E-state index >= 15 is 0 Å². The Morgan fingerprint density at radius 1 is 1.21 bits per heavy atom. The number of anilines is 3. The standard InChI is InChI=1S/C18H20F3N7/c19-18(20,21)16-26-13-5-4-11(8-14(13)27-16)25-17-24-9-12(10-2-3-10)15(28-17)23-7-1-6-22/h4-5,8-10H,1-3,6-7,22H2,(H,26,27)(H2,23,24,25,28). The highest BCUT2D eigenvalue weighted by Crippen LogP contribution is 2.42. The van der Waals surface area contributed by atoms with E-state index in [0.717, 1.165) is 30.6 Å². The van der Waals surface area contributed by atoms with Crippen LogP contribution in [0.2, 0.25) is 0 Å².